The van der Waals surface area contributed by atoms with Crippen molar-refractivity contribution >= 4 is 71.0 Å². The summed E-state index contributed by atoms with van der Waals surface area (Å²) >= 11 is 3.55. The van der Waals surface area contributed by atoms with Crippen LogP contribution in [0.1, 0.15) is 124 Å². The first-order valence-corrected chi connectivity index (χ1v) is 31.3. The van der Waals surface area contributed by atoms with Crippen molar-refractivity contribution in [3.8, 4) is 11.3 Å². The Hall–Kier alpha value is -6.18. The third-order valence-electron chi connectivity index (χ3n) is 14.6. The molecule has 1 aliphatic heterocycles. The van der Waals surface area contributed by atoms with Gasteiger partial charge in [0.15, 0.2) is 31.0 Å². The van der Waals surface area contributed by atoms with Crippen LogP contribution < -0.4 is 5.46 Å². The number of carbonyl (C=O) groups is 2. The molecule has 0 saturated carbocycles. The second-order valence-electron chi connectivity index (χ2n) is 21.7. The molecule has 8 aromatic rings. The van der Waals surface area contributed by atoms with Crippen molar-refractivity contribution in [2.45, 2.75) is 155 Å². The summed E-state index contributed by atoms with van der Waals surface area (Å²) in [4.78, 5) is 43.2. The minimum atomic E-state index is -3.60. The first-order valence-electron chi connectivity index (χ1n) is 27.2. The van der Waals surface area contributed by atoms with E-state index in [0.717, 1.165) is 102 Å². The lowest BCUT2D eigenvalue weighted by Gasteiger charge is -2.32. The SMILES string of the molecule is CCc1nc2c(C)nc(C)cn2c1-c1ccc(CCCC(=O)CS(=O)(=O)c2ccc(C)cc2)cc1.CCc1nc2c(C)nc(C)cn2c1Br.Cc1ccc(S(=O)(=O)CC(=O)CCCc2ccc(B3OC(C)(C)C(C)(C)O3)cc2)cc1. The van der Waals surface area contributed by atoms with Crippen molar-refractivity contribution in [2.75, 3.05) is 11.5 Å². The number of aromatic nitrogens is 6. The van der Waals surface area contributed by atoms with E-state index >= 15 is 0 Å². The molecule has 0 N–H and O–H groups in total. The molecule has 0 spiro atoms. The Kier molecular flexibility index (Phi) is 19.8. The van der Waals surface area contributed by atoms with Crippen molar-refractivity contribution in [2.24, 2.45) is 0 Å². The number of hydrogen-bond acceptors (Lipinski definition) is 12. The number of fused-ring (bicyclic) bond motifs is 2. The topological polar surface area (TPSA) is 181 Å². The molecule has 9 rings (SSSR count). The number of carbonyl (C=O) groups excluding carboxylic acids is 2. The van der Waals surface area contributed by atoms with Gasteiger partial charge in [-0.1, -0.05) is 97.8 Å². The summed E-state index contributed by atoms with van der Waals surface area (Å²) in [5.41, 5.74) is 14.3. The molecule has 0 aliphatic carbocycles. The number of benzene rings is 4. The molecule has 422 valence electrons. The molecule has 4 aromatic carbocycles. The van der Waals surface area contributed by atoms with Gasteiger partial charge >= 0.3 is 7.12 Å². The third kappa shape index (κ3) is 15.0. The van der Waals surface area contributed by atoms with Crippen molar-refractivity contribution in [1.82, 2.24) is 28.7 Å². The van der Waals surface area contributed by atoms with E-state index in [1.165, 1.54) is 0 Å². The average Bonchev–Trinajstić information content (AvgIpc) is 4.01. The Morgan fingerprint density at radius 2 is 0.950 bits per heavy atom. The van der Waals surface area contributed by atoms with Crippen LogP contribution in [-0.4, -0.2) is 87.0 Å². The maximum atomic E-state index is 12.5. The van der Waals surface area contributed by atoms with Gasteiger partial charge in [0, 0.05) is 30.8 Å². The average molecular weight is 1190 g/mol. The number of sulfone groups is 2. The number of Topliss-reactive ketones (excluding diaryl/α,β-unsaturated/α-hetero) is 2. The molecule has 0 unspecified atom stereocenters. The predicted molar refractivity (Wildman–Crippen MR) is 321 cm³/mol. The van der Waals surface area contributed by atoms with Gasteiger partial charge in [0.05, 0.1) is 60.9 Å². The zero-order chi connectivity index (χ0) is 58.3. The van der Waals surface area contributed by atoms with Gasteiger partial charge in [0.1, 0.15) is 27.7 Å². The smallest absolute Gasteiger partial charge is 0.399 e. The molecule has 1 aliphatic rings. The highest BCUT2D eigenvalue weighted by atomic mass is 79.9. The lowest BCUT2D eigenvalue weighted by Crippen LogP contribution is -2.41. The Morgan fingerprint density at radius 1 is 0.550 bits per heavy atom. The standard InChI is InChI=1S/C28H31N3O3S.C24H31BO5S.C10H12BrN3/c1-5-26-27(31-17-20(3)29-21(4)28(31)30-26)23-13-11-22(12-14-23)7-6-8-24(32)18-35(33,34)25-15-9-19(2)10-16-25;1-18-9-15-22(16-10-18)31(27,28)17-21(26)8-6-7-19-11-13-20(14-12-19)25-29-23(2,3)24(4,5)30-25;1-4-8-9(11)14-5-6(2)12-7(3)10(14)13-8/h9-17H,5-8,18H2,1-4H3;9-16H,6-8,17H2,1-5H3;5H,4H2,1-3H3. The molecule has 14 nitrogen and oxygen atoms in total. The maximum absolute atomic E-state index is 12.5. The highest BCUT2D eigenvalue weighted by Gasteiger charge is 2.51. The second-order valence-corrected chi connectivity index (χ2v) is 26.5. The van der Waals surface area contributed by atoms with Gasteiger partial charge < -0.3 is 9.31 Å². The molecule has 0 bridgehead atoms. The molecule has 80 heavy (non-hydrogen) atoms. The summed E-state index contributed by atoms with van der Waals surface area (Å²) in [5.74, 6) is -1.40. The van der Waals surface area contributed by atoms with E-state index in [1.54, 1.807) is 48.5 Å². The monoisotopic (exact) mass is 1180 g/mol. The second kappa shape index (κ2) is 25.7. The van der Waals surface area contributed by atoms with Crippen molar-refractivity contribution < 1.29 is 35.7 Å². The Labute approximate surface area is 481 Å². The molecule has 5 heterocycles. The number of aryl methyl sites for hydroxylation is 10. The zero-order valence-corrected chi connectivity index (χ0v) is 51.4. The molecular weight excluding hydrogens is 1110 g/mol. The number of hydrogen-bond donors (Lipinski definition) is 0. The number of nitrogens with zero attached hydrogens (tertiary/aromatic N) is 6. The summed E-state index contributed by atoms with van der Waals surface area (Å²) in [6.07, 6.45) is 8.90. The summed E-state index contributed by atoms with van der Waals surface area (Å²) in [5, 5.41) is 0. The fraction of sp³-hybridized carbons (Fsp3) is 0.387. The molecule has 1 saturated heterocycles. The minimum absolute atomic E-state index is 0.199. The fourth-order valence-corrected chi connectivity index (χ4v) is 12.6. The van der Waals surface area contributed by atoms with Gasteiger partial charge in [-0.2, -0.15) is 0 Å². The van der Waals surface area contributed by atoms with Crippen LogP contribution in [0.2, 0.25) is 0 Å². The van der Waals surface area contributed by atoms with E-state index in [4.69, 9.17) is 14.3 Å². The lowest BCUT2D eigenvalue weighted by molar-refractivity contribution is -0.117. The molecule has 0 radical (unpaired) electrons. The van der Waals surface area contributed by atoms with E-state index < -0.39 is 38.3 Å². The third-order valence-corrected chi connectivity index (χ3v) is 18.8. The van der Waals surface area contributed by atoms with E-state index in [1.807, 2.05) is 106 Å². The van der Waals surface area contributed by atoms with Gasteiger partial charge in [0.2, 0.25) is 0 Å². The molecule has 0 atom stereocenters. The quantitative estimate of drug-likeness (QED) is 0.0743. The van der Waals surface area contributed by atoms with E-state index in [0.29, 0.717) is 25.7 Å². The predicted octanol–water partition coefficient (Wildman–Crippen LogP) is 11.6. The largest absolute Gasteiger partial charge is 0.494 e. The Balaban J connectivity index is 0.000000188. The van der Waals surface area contributed by atoms with Gasteiger partial charge in [-0.05, 0) is 165 Å². The van der Waals surface area contributed by atoms with Crippen LogP contribution in [0.4, 0.5) is 0 Å². The maximum Gasteiger partial charge on any atom is 0.494 e. The van der Waals surface area contributed by atoms with Gasteiger partial charge in [0.25, 0.3) is 0 Å². The van der Waals surface area contributed by atoms with Crippen LogP contribution in [0.5, 0.6) is 0 Å². The van der Waals surface area contributed by atoms with E-state index in [2.05, 4.69) is 77.8 Å². The van der Waals surface area contributed by atoms with Crippen LogP contribution >= 0.6 is 15.9 Å². The summed E-state index contributed by atoms with van der Waals surface area (Å²) < 4.78 is 67.1. The molecule has 0 amide bonds. The van der Waals surface area contributed by atoms with Crippen LogP contribution in [0.25, 0.3) is 22.6 Å². The van der Waals surface area contributed by atoms with Crippen LogP contribution in [0.3, 0.4) is 0 Å². The van der Waals surface area contributed by atoms with Gasteiger partial charge in [-0.3, -0.25) is 28.4 Å². The van der Waals surface area contributed by atoms with Crippen LogP contribution in [0.15, 0.2) is 124 Å². The fourth-order valence-electron chi connectivity index (χ4n) is 9.39. The Morgan fingerprint density at radius 3 is 1.39 bits per heavy atom. The zero-order valence-electron chi connectivity index (χ0n) is 48.2. The number of rotatable bonds is 18. The van der Waals surface area contributed by atoms with Crippen molar-refractivity contribution in [1.29, 1.82) is 0 Å². The molecule has 1 fully saturated rings. The normalized spacial score (nSPS) is 13.9. The highest BCUT2D eigenvalue weighted by molar-refractivity contribution is 9.10. The van der Waals surface area contributed by atoms with Crippen LogP contribution in [-0.2, 0) is 64.3 Å². The first kappa shape index (κ1) is 61.4. The summed E-state index contributed by atoms with van der Waals surface area (Å²) in [7, 11) is -7.57. The van der Waals surface area contributed by atoms with Gasteiger partial charge in [-0.25, -0.2) is 26.8 Å². The Bertz CT molecular complexity index is 3710. The number of imidazole rings is 2. The van der Waals surface area contributed by atoms with Gasteiger partial charge in [-0.15, -0.1) is 0 Å². The molecule has 18 heteroatoms. The summed E-state index contributed by atoms with van der Waals surface area (Å²) in [6, 6.07) is 29.5. The van der Waals surface area contributed by atoms with Crippen LogP contribution in [0, 0.1) is 41.5 Å². The summed E-state index contributed by atoms with van der Waals surface area (Å²) in [6.45, 7) is 24.0. The lowest BCUT2D eigenvalue weighted by atomic mass is 9.78. The van der Waals surface area contributed by atoms with E-state index in [-0.39, 0.29) is 45.4 Å². The number of ketones is 2. The minimum Gasteiger partial charge on any atom is -0.399 e. The van der Waals surface area contributed by atoms with E-state index in [9.17, 15) is 26.4 Å². The first-order chi connectivity index (χ1) is 37.7. The number of halogens is 1. The molecule has 4 aromatic heterocycles. The van der Waals surface area contributed by atoms with Crippen molar-refractivity contribution in [3.63, 3.8) is 0 Å². The molecular formula is C62H74BBrN6O8S2. The van der Waals surface area contributed by atoms with Crippen molar-refractivity contribution in [3.05, 3.63) is 170 Å². The highest BCUT2D eigenvalue weighted by Crippen LogP contribution is 2.36.